The van der Waals surface area contributed by atoms with E-state index in [0.29, 0.717) is 16.7 Å². The Morgan fingerprint density at radius 3 is 2.65 bits per heavy atom. The van der Waals surface area contributed by atoms with Crippen LogP contribution in [0.3, 0.4) is 0 Å². The summed E-state index contributed by atoms with van der Waals surface area (Å²) in [6.07, 6.45) is 1.55. The van der Waals surface area contributed by atoms with Crippen molar-refractivity contribution in [3.63, 3.8) is 0 Å². The van der Waals surface area contributed by atoms with Crippen molar-refractivity contribution < 1.29 is 32.0 Å². The maximum Gasteiger partial charge on any atom is 0.310 e. The van der Waals surface area contributed by atoms with Crippen LogP contribution in [0.25, 0.3) is 22.1 Å². The molecule has 0 radical (unpaired) electrons. The number of alkyl halides is 1. The van der Waals surface area contributed by atoms with E-state index in [1.165, 1.54) is 18.2 Å². The van der Waals surface area contributed by atoms with Crippen LogP contribution in [0.15, 0.2) is 71.3 Å². The van der Waals surface area contributed by atoms with E-state index in [0.717, 1.165) is 22.1 Å². The number of furan rings is 1. The second-order valence-electron chi connectivity index (χ2n) is 10.3. The molecule has 6 nitrogen and oxygen atoms in total. The van der Waals surface area contributed by atoms with Crippen LogP contribution in [-0.4, -0.2) is 28.6 Å². The first-order chi connectivity index (χ1) is 19.1. The Balaban J connectivity index is 1.63. The normalized spacial score (nSPS) is 13.3. The number of ether oxygens (including phenoxy) is 2. The van der Waals surface area contributed by atoms with Gasteiger partial charge in [0.05, 0.1) is 19.3 Å². The second kappa shape index (κ2) is 12.8. The molecule has 0 bridgehead atoms. The van der Waals surface area contributed by atoms with E-state index in [1.807, 2.05) is 57.2 Å². The third kappa shape index (κ3) is 7.21. The van der Waals surface area contributed by atoms with Crippen molar-refractivity contribution in [2.24, 2.45) is 0 Å². The monoisotopic (exact) mass is 569 g/mol. The number of nitrogens with one attached hydrogen (secondary N) is 1. The zero-order chi connectivity index (χ0) is 28.9. The molecule has 0 aliphatic heterocycles. The van der Waals surface area contributed by atoms with Crippen LogP contribution < -0.4 is 9.46 Å². The lowest BCUT2D eigenvalue weighted by atomic mass is 9.97. The molecule has 0 fully saturated rings. The summed E-state index contributed by atoms with van der Waals surface area (Å²) in [5.74, 6) is -0.644. The Kier molecular flexibility index (Phi) is 9.50. The maximum absolute atomic E-state index is 14.1. The van der Waals surface area contributed by atoms with Gasteiger partial charge in [0.1, 0.15) is 41.2 Å². The molecule has 4 aromatic rings. The molecular formula is C31H33F2NO5S. The Bertz CT molecular complexity index is 1470. The van der Waals surface area contributed by atoms with Crippen molar-refractivity contribution in [3.05, 3.63) is 89.4 Å². The number of carbonyl (C=O) groups is 1. The minimum absolute atomic E-state index is 0.0357. The van der Waals surface area contributed by atoms with Gasteiger partial charge in [-0.3, -0.25) is 4.79 Å². The van der Waals surface area contributed by atoms with Gasteiger partial charge in [-0.15, -0.1) is 4.72 Å². The van der Waals surface area contributed by atoms with E-state index in [4.69, 9.17) is 13.9 Å². The summed E-state index contributed by atoms with van der Waals surface area (Å²) in [6.45, 7) is 6.83. The molecule has 9 heteroatoms. The number of fused-ring (bicyclic) bond motifs is 1. The van der Waals surface area contributed by atoms with Gasteiger partial charge in [0.15, 0.2) is 0 Å². The van der Waals surface area contributed by atoms with E-state index in [-0.39, 0.29) is 25.4 Å². The van der Waals surface area contributed by atoms with Gasteiger partial charge in [0.25, 0.3) is 0 Å². The quantitative estimate of drug-likeness (QED) is 0.155. The number of hydrogen-bond donors (Lipinski definition) is 1. The van der Waals surface area contributed by atoms with Crippen LogP contribution in [0, 0.1) is 5.82 Å². The van der Waals surface area contributed by atoms with Crippen LogP contribution in [0.1, 0.15) is 50.4 Å². The lowest BCUT2D eigenvalue weighted by molar-refractivity contribution is -0.142. The average Bonchev–Trinajstić information content (AvgIpc) is 3.39. The molecule has 1 unspecified atom stereocenters. The molecule has 2 atom stereocenters. The van der Waals surface area contributed by atoms with Crippen LogP contribution in [-0.2, 0) is 33.9 Å². The number of rotatable bonds is 11. The first kappa shape index (κ1) is 29.6. The van der Waals surface area contributed by atoms with Crippen LogP contribution in [0.4, 0.5) is 8.78 Å². The molecule has 0 amide bonds. The van der Waals surface area contributed by atoms with Gasteiger partial charge in [-0.2, -0.15) is 0 Å². The molecule has 212 valence electrons. The smallest absolute Gasteiger partial charge is 0.310 e. The molecule has 1 aromatic heterocycles. The number of hydrogen-bond acceptors (Lipinski definition) is 6. The molecule has 0 saturated heterocycles. The molecule has 0 spiro atoms. The van der Waals surface area contributed by atoms with Crippen molar-refractivity contribution in [3.8, 4) is 16.9 Å². The zero-order valence-electron chi connectivity index (χ0n) is 23.0. The number of carbonyl (C=O) groups excluding carboxylic acids is 1. The molecule has 4 rings (SSSR count). The minimum Gasteiger partial charge on any atom is -0.598 e. The predicted molar refractivity (Wildman–Crippen MR) is 152 cm³/mol. The first-order valence-corrected chi connectivity index (χ1v) is 14.2. The lowest BCUT2D eigenvalue weighted by Crippen LogP contribution is -2.41. The van der Waals surface area contributed by atoms with Crippen LogP contribution >= 0.6 is 0 Å². The Morgan fingerprint density at radius 1 is 1.12 bits per heavy atom. The molecule has 40 heavy (non-hydrogen) atoms. The molecule has 0 aliphatic carbocycles. The summed E-state index contributed by atoms with van der Waals surface area (Å²) in [5, 5.41) is 0.835. The third-order valence-corrected chi connectivity index (χ3v) is 7.85. The highest BCUT2D eigenvalue weighted by Gasteiger charge is 2.30. The predicted octanol–water partition coefficient (Wildman–Crippen LogP) is 6.99. The highest BCUT2D eigenvalue weighted by atomic mass is 32.2. The Hall–Kier alpha value is -3.40. The molecule has 3 aromatic carbocycles. The molecule has 1 N–H and O–H groups in total. The number of esters is 1. The average molecular weight is 570 g/mol. The van der Waals surface area contributed by atoms with Gasteiger partial charge in [-0.1, -0.05) is 24.3 Å². The SMILES string of the molecule is CCOC(=O)Cc1ccc(F)cc1OCc1cc(-c2cccc(C(CF)N[S@+]([O-])C(C)(C)C)c2)c2occc2c1. The van der Waals surface area contributed by atoms with Crippen molar-refractivity contribution in [1.29, 1.82) is 0 Å². The van der Waals surface area contributed by atoms with E-state index >= 15 is 0 Å². The summed E-state index contributed by atoms with van der Waals surface area (Å²) >= 11 is -1.45. The van der Waals surface area contributed by atoms with Crippen LogP contribution in [0.5, 0.6) is 5.75 Å². The minimum atomic E-state index is -1.45. The Morgan fingerprint density at radius 2 is 1.93 bits per heavy atom. The molecule has 0 saturated carbocycles. The summed E-state index contributed by atoms with van der Waals surface area (Å²) in [4.78, 5) is 12.0. The van der Waals surface area contributed by atoms with Crippen molar-refractivity contribution in [2.75, 3.05) is 13.3 Å². The van der Waals surface area contributed by atoms with Gasteiger partial charge in [-0.25, -0.2) is 8.78 Å². The zero-order valence-corrected chi connectivity index (χ0v) is 23.8. The fourth-order valence-electron chi connectivity index (χ4n) is 4.20. The highest BCUT2D eigenvalue weighted by molar-refractivity contribution is 7.90. The van der Waals surface area contributed by atoms with Crippen molar-refractivity contribution in [1.82, 2.24) is 4.72 Å². The fraction of sp³-hybridized carbons (Fsp3) is 0.323. The van der Waals surface area contributed by atoms with Gasteiger partial charge in [-0.05, 0) is 74.7 Å². The second-order valence-corrected chi connectivity index (χ2v) is 12.3. The summed E-state index contributed by atoms with van der Waals surface area (Å²) in [5.41, 5.74) is 4.17. The highest BCUT2D eigenvalue weighted by Crippen LogP contribution is 2.34. The van der Waals surface area contributed by atoms with E-state index < -0.39 is 40.6 Å². The molecular weight excluding hydrogens is 536 g/mol. The van der Waals surface area contributed by atoms with Gasteiger partial charge in [0, 0.05) is 33.9 Å². The van der Waals surface area contributed by atoms with E-state index in [2.05, 4.69) is 4.72 Å². The summed E-state index contributed by atoms with van der Waals surface area (Å²) in [6, 6.07) is 16.3. The molecule has 0 aliphatic rings. The Labute approximate surface area is 236 Å². The fourth-order valence-corrected chi connectivity index (χ4v) is 5.01. The van der Waals surface area contributed by atoms with Crippen molar-refractivity contribution in [2.45, 2.75) is 51.5 Å². The summed E-state index contributed by atoms with van der Waals surface area (Å²) < 4.78 is 59.9. The van der Waals surface area contributed by atoms with Gasteiger partial charge < -0.3 is 18.4 Å². The third-order valence-electron chi connectivity index (χ3n) is 6.23. The van der Waals surface area contributed by atoms with Crippen molar-refractivity contribution >= 4 is 28.3 Å². The standard InChI is InChI=1S/C31H33F2NO5S/c1-5-37-29(35)16-23-9-10-25(33)17-28(23)39-19-20-13-24-11-12-38-30(24)26(14-20)21-7-6-8-22(15-21)27(18-32)34-40(36)31(2,3)4/h6-15,17,27,34H,5,16,18-19H2,1-4H3/t27?,40-/m1/s1. The summed E-state index contributed by atoms with van der Waals surface area (Å²) in [7, 11) is 0. The topological polar surface area (TPSA) is 83.8 Å². The molecule has 1 heterocycles. The van der Waals surface area contributed by atoms with Gasteiger partial charge >= 0.3 is 5.97 Å². The first-order valence-electron chi connectivity index (χ1n) is 13.0. The maximum atomic E-state index is 14.1. The van der Waals surface area contributed by atoms with E-state index in [9.17, 15) is 18.1 Å². The number of benzene rings is 3. The lowest BCUT2D eigenvalue weighted by Gasteiger charge is -2.27. The van der Waals surface area contributed by atoms with E-state index in [1.54, 1.807) is 19.3 Å². The largest absolute Gasteiger partial charge is 0.598 e. The number of halogens is 2. The van der Waals surface area contributed by atoms with Crippen LogP contribution in [0.2, 0.25) is 0 Å². The van der Waals surface area contributed by atoms with Gasteiger partial charge in [0.2, 0.25) is 0 Å².